The number of rotatable bonds is 2. The second-order valence-corrected chi connectivity index (χ2v) is 5.13. The van der Waals surface area contributed by atoms with E-state index in [0.29, 0.717) is 0 Å². The molecule has 0 saturated heterocycles. The number of nitrogens with zero attached hydrogens (tertiary/aromatic N) is 2. The summed E-state index contributed by atoms with van der Waals surface area (Å²) in [7, 11) is 0. The van der Waals surface area contributed by atoms with Crippen LogP contribution in [0.2, 0.25) is 0 Å². The summed E-state index contributed by atoms with van der Waals surface area (Å²) in [6, 6.07) is 15.2. The first kappa shape index (κ1) is 11.3. The van der Waals surface area contributed by atoms with Gasteiger partial charge in [-0.3, -0.25) is 0 Å². The minimum atomic E-state index is 0.259. The highest BCUT2D eigenvalue weighted by Crippen LogP contribution is 2.31. The van der Waals surface area contributed by atoms with Crippen LogP contribution in [0.1, 0.15) is 18.5 Å². The van der Waals surface area contributed by atoms with Crippen molar-refractivity contribution in [3.63, 3.8) is 0 Å². The standard InChI is InChI=1S/C17H15N3/c1-12(20-10-9-18-11-20)13-6-4-7-15-14-5-2-3-8-16(14)19-17(13)15/h2-12,19H,1H3. The first-order valence-corrected chi connectivity index (χ1v) is 6.81. The van der Waals surface area contributed by atoms with Crippen molar-refractivity contribution in [1.29, 1.82) is 0 Å². The van der Waals surface area contributed by atoms with Gasteiger partial charge in [-0.2, -0.15) is 0 Å². The summed E-state index contributed by atoms with van der Waals surface area (Å²) in [5.41, 5.74) is 3.69. The van der Waals surface area contributed by atoms with Gasteiger partial charge in [0.15, 0.2) is 0 Å². The van der Waals surface area contributed by atoms with Gasteiger partial charge in [-0.15, -0.1) is 0 Å². The van der Waals surface area contributed by atoms with Crippen LogP contribution in [0.4, 0.5) is 0 Å². The maximum absolute atomic E-state index is 4.14. The highest BCUT2D eigenvalue weighted by Gasteiger charge is 2.13. The molecule has 1 atom stereocenters. The molecule has 3 nitrogen and oxygen atoms in total. The molecule has 2 aromatic carbocycles. The van der Waals surface area contributed by atoms with Crippen LogP contribution >= 0.6 is 0 Å². The molecule has 0 saturated carbocycles. The van der Waals surface area contributed by atoms with Gasteiger partial charge in [-0.1, -0.05) is 36.4 Å². The Morgan fingerprint density at radius 3 is 2.75 bits per heavy atom. The van der Waals surface area contributed by atoms with Crippen molar-refractivity contribution < 1.29 is 0 Å². The Morgan fingerprint density at radius 2 is 1.90 bits per heavy atom. The Kier molecular flexibility index (Phi) is 2.39. The summed E-state index contributed by atoms with van der Waals surface area (Å²) in [4.78, 5) is 7.70. The van der Waals surface area contributed by atoms with Gasteiger partial charge in [-0.25, -0.2) is 4.98 Å². The van der Waals surface area contributed by atoms with E-state index in [1.54, 1.807) is 0 Å². The molecule has 1 unspecified atom stereocenters. The number of para-hydroxylation sites is 2. The van der Waals surface area contributed by atoms with Gasteiger partial charge in [0, 0.05) is 28.7 Å². The van der Waals surface area contributed by atoms with Crippen LogP contribution in [0.15, 0.2) is 61.2 Å². The van der Waals surface area contributed by atoms with Crippen LogP contribution in [0.5, 0.6) is 0 Å². The summed E-state index contributed by atoms with van der Waals surface area (Å²) in [6.45, 7) is 2.20. The molecule has 4 aromatic rings. The average molecular weight is 261 g/mol. The van der Waals surface area contributed by atoms with Crippen LogP contribution in [0.3, 0.4) is 0 Å². The van der Waals surface area contributed by atoms with Gasteiger partial charge < -0.3 is 9.55 Å². The monoisotopic (exact) mass is 261 g/mol. The maximum Gasteiger partial charge on any atom is 0.0951 e. The zero-order valence-electron chi connectivity index (χ0n) is 11.2. The Labute approximate surface area is 116 Å². The predicted molar refractivity (Wildman–Crippen MR) is 81.8 cm³/mol. The lowest BCUT2D eigenvalue weighted by Gasteiger charge is -2.14. The van der Waals surface area contributed by atoms with E-state index in [1.165, 1.54) is 27.4 Å². The van der Waals surface area contributed by atoms with Crippen molar-refractivity contribution >= 4 is 21.8 Å². The topological polar surface area (TPSA) is 33.6 Å². The number of hydrogen-bond acceptors (Lipinski definition) is 1. The van der Waals surface area contributed by atoms with E-state index < -0.39 is 0 Å². The summed E-state index contributed by atoms with van der Waals surface area (Å²) >= 11 is 0. The fourth-order valence-corrected chi connectivity index (χ4v) is 2.90. The number of hydrogen-bond donors (Lipinski definition) is 1. The second-order valence-electron chi connectivity index (χ2n) is 5.13. The third-order valence-electron chi connectivity index (χ3n) is 4.00. The average Bonchev–Trinajstić information content (AvgIpc) is 3.13. The highest BCUT2D eigenvalue weighted by atomic mass is 15.0. The van der Waals surface area contributed by atoms with E-state index in [4.69, 9.17) is 0 Å². The number of nitrogens with one attached hydrogen (secondary N) is 1. The first-order chi connectivity index (χ1) is 9.84. The van der Waals surface area contributed by atoms with Crippen molar-refractivity contribution in [2.45, 2.75) is 13.0 Å². The summed E-state index contributed by atoms with van der Waals surface area (Å²) in [5.74, 6) is 0. The SMILES string of the molecule is CC(c1cccc2c1[nH]c1ccccc12)n1ccnc1. The molecule has 2 heterocycles. The third kappa shape index (κ3) is 1.56. The highest BCUT2D eigenvalue weighted by molar-refractivity contribution is 6.08. The molecule has 0 radical (unpaired) electrons. The van der Waals surface area contributed by atoms with Crippen molar-refractivity contribution in [3.05, 3.63) is 66.7 Å². The van der Waals surface area contributed by atoms with Gasteiger partial charge in [0.2, 0.25) is 0 Å². The number of aromatic nitrogens is 3. The van der Waals surface area contributed by atoms with Crippen LogP contribution in [0, 0.1) is 0 Å². The molecule has 0 fully saturated rings. The largest absolute Gasteiger partial charge is 0.354 e. The van der Waals surface area contributed by atoms with E-state index in [2.05, 4.69) is 63.9 Å². The zero-order valence-corrected chi connectivity index (χ0v) is 11.2. The van der Waals surface area contributed by atoms with E-state index in [9.17, 15) is 0 Å². The third-order valence-corrected chi connectivity index (χ3v) is 4.00. The van der Waals surface area contributed by atoms with Crippen molar-refractivity contribution in [2.24, 2.45) is 0 Å². The smallest absolute Gasteiger partial charge is 0.0951 e. The second kappa shape index (κ2) is 4.23. The molecule has 20 heavy (non-hydrogen) atoms. The zero-order chi connectivity index (χ0) is 13.5. The molecule has 0 aliphatic heterocycles. The lowest BCUT2D eigenvalue weighted by Crippen LogP contribution is -2.04. The Morgan fingerprint density at radius 1 is 1.05 bits per heavy atom. The van der Waals surface area contributed by atoms with E-state index >= 15 is 0 Å². The Bertz CT molecular complexity index is 872. The fraction of sp³-hybridized carbons (Fsp3) is 0.118. The molecular formula is C17H15N3. The van der Waals surface area contributed by atoms with Crippen molar-refractivity contribution in [1.82, 2.24) is 14.5 Å². The van der Waals surface area contributed by atoms with Crippen LogP contribution in [-0.2, 0) is 0 Å². The molecule has 0 aliphatic rings. The van der Waals surface area contributed by atoms with Gasteiger partial charge in [0.1, 0.15) is 0 Å². The molecule has 1 N–H and O–H groups in total. The van der Waals surface area contributed by atoms with E-state index in [0.717, 1.165) is 0 Å². The number of H-pyrrole nitrogens is 1. The number of benzene rings is 2. The number of aromatic amines is 1. The van der Waals surface area contributed by atoms with E-state index in [1.807, 2.05) is 18.7 Å². The van der Waals surface area contributed by atoms with Gasteiger partial charge in [0.05, 0.1) is 17.9 Å². The predicted octanol–water partition coefficient (Wildman–Crippen LogP) is 4.13. The van der Waals surface area contributed by atoms with Crippen LogP contribution in [-0.4, -0.2) is 14.5 Å². The molecular weight excluding hydrogens is 246 g/mol. The normalized spacial score (nSPS) is 13.1. The lowest BCUT2D eigenvalue weighted by molar-refractivity contribution is 0.642. The van der Waals surface area contributed by atoms with Gasteiger partial charge in [-0.05, 0) is 18.6 Å². The Hall–Kier alpha value is -2.55. The maximum atomic E-state index is 4.14. The van der Waals surface area contributed by atoms with Crippen molar-refractivity contribution in [2.75, 3.05) is 0 Å². The number of fused-ring (bicyclic) bond motifs is 3. The van der Waals surface area contributed by atoms with Gasteiger partial charge >= 0.3 is 0 Å². The molecule has 98 valence electrons. The van der Waals surface area contributed by atoms with Gasteiger partial charge in [0.25, 0.3) is 0 Å². The quantitative estimate of drug-likeness (QED) is 0.578. The first-order valence-electron chi connectivity index (χ1n) is 6.81. The molecule has 0 bridgehead atoms. The summed E-state index contributed by atoms with van der Waals surface area (Å²) < 4.78 is 2.13. The molecule has 0 spiro atoms. The van der Waals surface area contributed by atoms with E-state index in [-0.39, 0.29) is 6.04 Å². The molecule has 3 heteroatoms. The summed E-state index contributed by atoms with van der Waals surface area (Å²) in [6.07, 6.45) is 5.69. The Balaban J connectivity index is 2.00. The molecule has 0 amide bonds. The molecule has 0 aliphatic carbocycles. The van der Waals surface area contributed by atoms with Crippen LogP contribution < -0.4 is 0 Å². The molecule has 2 aromatic heterocycles. The molecule has 4 rings (SSSR count). The number of imidazole rings is 1. The van der Waals surface area contributed by atoms with Crippen LogP contribution in [0.25, 0.3) is 21.8 Å². The van der Waals surface area contributed by atoms with Crippen molar-refractivity contribution in [3.8, 4) is 0 Å². The lowest BCUT2D eigenvalue weighted by atomic mass is 10.0. The minimum Gasteiger partial charge on any atom is -0.354 e. The fourth-order valence-electron chi connectivity index (χ4n) is 2.90. The minimum absolute atomic E-state index is 0.259. The summed E-state index contributed by atoms with van der Waals surface area (Å²) in [5, 5.41) is 2.56.